The second kappa shape index (κ2) is 5.02. The topological polar surface area (TPSA) is 20.3 Å². The zero-order valence-corrected chi connectivity index (χ0v) is 12.0. The van der Waals surface area contributed by atoms with Gasteiger partial charge in [-0.2, -0.15) is 0 Å². The minimum atomic E-state index is -0.0824. The molecule has 1 aromatic carbocycles. The lowest BCUT2D eigenvalue weighted by Gasteiger charge is -2.35. The monoisotopic (exact) mass is 265 g/mol. The molecule has 1 fully saturated rings. The average molecular weight is 266 g/mol. The van der Waals surface area contributed by atoms with E-state index in [-0.39, 0.29) is 17.4 Å². The van der Waals surface area contributed by atoms with Crippen LogP contribution >= 0.6 is 11.6 Å². The Bertz CT molecular complexity index is 456. The molecule has 1 unspecified atom stereocenters. The van der Waals surface area contributed by atoms with Crippen LogP contribution in [0.2, 0.25) is 5.02 Å². The standard InChI is InChI=1S/C15H20ClNO/c1-11(17-9-5-8-15(17,2)3)14(18)12-6-4-7-13(16)10-12/h4,6-7,10-11H,5,8-9H2,1-3H3. The second-order valence-electron chi connectivity index (χ2n) is 5.66. The molecule has 2 rings (SSSR count). The molecule has 0 bridgehead atoms. The third kappa shape index (κ3) is 2.60. The number of carbonyl (C=O) groups excluding carboxylic acids is 1. The van der Waals surface area contributed by atoms with E-state index < -0.39 is 0 Å². The number of halogens is 1. The predicted octanol–water partition coefficient (Wildman–Crippen LogP) is 3.79. The molecular weight excluding hydrogens is 246 g/mol. The van der Waals surface area contributed by atoms with E-state index in [2.05, 4.69) is 18.7 Å². The third-order valence-corrected chi connectivity index (χ3v) is 4.16. The van der Waals surface area contributed by atoms with Gasteiger partial charge in [0.1, 0.15) is 0 Å². The van der Waals surface area contributed by atoms with Crippen LogP contribution in [0.15, 0.2) is 24.3 Å². The van der Waals surface area contributed by atoms with Crippen molar-refractivity contribution in [2.75, 3.05) is 6.54 Å². The Morgan fingerprint density at radius 1 is 1.44 bits per heavy atom. The first-order valence-corrected chi connectivity index (χ1v) is 6.86. The minimum absolute atomic E-state index is 0.0824. The fourth-order valence-corrected chi connectivity index (χ4v) is 3.06. The fourth-order valence-electron chi connectivity index (χ4n) is 2.87. The van der Waals surface area contributed by atoms with Gasteiger partial charge in [-0.3, -0.25) is 9.69 Å². The van der Waals surface area contributed by atoms with E-state index in [1.54, 1.807) is 12.1 Å². The van der Waals surface area contributed by atoms with E-state index in [0.29, 0.717) is 10.6 Å². The van der Waals surface area contributed by atoms with Gasteiger partial charge >= 0.3 is 0 Å². The Morgan fingerprint density at radius 2 is 2.17 bits per heavy atom. The van der Waals surface area contributed by atoms with E-state index in [4.69, 9.17) is 11.6 Å². The van der Waals surface area contributed by atoms with Crippen molar-refractivity contribution < 1.29 is 4.79 Å². The van der Waals surface area contributed by atoms with Crippen molar-refractivity contribution in [3.05, 3.63) is 34.9 Å². The Balaban J connectivity index is 2.19. The lowest BCUT2D eigenvalue weighted by Crippen LogP contribution is -2.47. The highest BCUT2D eigenvalue weighted by Gasteiger charge is 2.37. The molecule has 1 aromatic rings. The quantitative estimate of drug-likeness (QED) is 0.775. The number of benzene rings is 1. The first-order valence-electron chi connectivity index (χ1n) is 6.48. The Labute approximate surface area is 114 Å². The highest BCUT2D eigenvalue weighted by Crippen LogP contribution is 2.31. The molecule has 2 nitrogen and oxygen atoms in total. The highest BCUT2D eigenvalue weighted by atomic mass is 35.5. The molecule has 0 saturated carbocycles. The number of carbonyl (C=O) groups is 1. The number of nitrogens with zero attached hydrogens (tertiary/aromatic N) is 1. The summed E-state index contributed by atoms with van der Waals surface area (Å²) in [7, 11) is 0. The molecule has 0 amide bonds. The number of likely N-dealkylation sites (tertiary alicyclic amines) is 1. The molecular formula is C15H20ClNO. The van der Waals surface area contributed by atoms with Gasteiger partial charge in [0.15, 0.2) is 5.78 Å². The molecule has 18 heavy (non-hydrogen) atoms. The molecule has 0 aromatic heterocycles. The molecule has 3 heteroatoms. The van der Waals surface area contributed by atoms with Crippen molar-refractivity contribution in [3.63, 3.8) is 0 Å². The summed E-state index contributed by atoms with van der Waals surface area (Å²) in [4.78, 5) is 14.8. The third-order valence-electron chi connectivity index (χ3n) is 3.92. The second-order valence-corrected chi connectivity index (χ2v) is 6.10. The summed E-state index contributed by atoms with van der Waals surface area (Å²) in [5.74, 6) is 0.160. The van der Waals surface area contributed by atoms with Crippen LogP contribution in [0.3, 0.4) is 0 Å². The van der Waals surface area contributed by atoms with Crippen molar-refractivity contribution in [2.45, 2.75) is 45.2 Å². The van der Waals surface area contributed by atoms with Crippen molar-refractivity contribution in [3.8, 4) is 0 Å². The first kappa shape index (κ1) is 13.6. The zero-order chi connectivity index (χ0) is 13.3. The molecule has 1 aliphatic rings. The van der Waals surface area contributed by atoms with Crippen LogP contribution in [0.5, 0.6) is 0 Å². The summed E-state index contributed by atoms with van der Waals surface area (Å²) >= 11 is 5.94. The number of ketones is 1. The number of hydrogen-bond donors (Lipinski definition) is 0. The number of Topliss-reactive ketones (excluding diaryl/α,β-unsaturated/α-hetero) is 1. The van der Waals surface area contributed by atoms with Crippen molar-refractivity contribution in [1.82, 2.24) is 4.90 Å². The largest absolute Gasteiger partial charge is 0.292 e. The van der Waals surface area contributed by atoms with Gasteiger partial charge < -0.3 is 0 Å². The summed E-state index contributed by atoms with van der Waals surface area (Å²) in [6.45, 7) is 7.42. The van der Waals surface area contributed by atoms with Gasteiger partial charge in [-0.25, -0.2) is 0 Å². The number of rotatable bonds is 3. The summed E-state index contributed by atoms with van der Waals surface area (Å²) in [6, 6.07) is 7.14. The van der Waals surface area contributed by atoms with E-state index in [0.717, 1.165) is 13.0 Å². The van der Waals surface area contributed by atoms with Crippen LogP contribution < -0.4 is 0 Å². The SMILES string of the molecule is CC(C(=O)c1cccc(Cl)c1)N1CCCC1(C)C. The summed E-state index contributed by atoms with van der Waals surface area (Å²) in [6.07, 6.45) is 2.32. The van der Waals surface area contributed by atoms with Gasteiger partial charge in [-0.1, -0.05) is 23.7 Å². The highest BCUT2D eigenvalue weighted by molar-refractivity contribution is 6.31. The molecule has 0 radical (unpaired) electrons. The van der Waals surface area contributed by atoms with Crippen molar-refractivity contribution >= 4 is 17.4 Å². The van der Waals surface area contributed by atoms with Crippen LogP contribution in [0.1, 0.15) is 44.0 Å². The lowest BCUT2D eigenvalue weighted by atomic mass is 9.97. The van der Waals surface area contributed by atoms with E-state index >= 15 is 0 Å². The zero-order valence-electron chi connectivity index (χ0n) is 11.2. The average Bonchev–Trinajstić information content (AvgIpc) is 2.67. The van der Waals surface area contributed by atoms with Gasteiger partial charge in [-0.15, -0.1) is 0 Å². The molecule has 1 atom stereocenters. The van der Waals surface area contributed by atoms with Crippen LogP contribution in [-0.2, 0) is 0 Å². The fraction of sp³-hybridized carbons (Fsp3) is 0.533. The van der Waals surface area contributed by atoms with Crippen LogP contribution in [-0.4, -0.2) is 28.8 Å². The first-order chi connectivity index (χ1) is 8.42. The Hall–Kier alpha value is -0.860. The van der Waals surface area contributed by atoms with Gasteiger partial charge in [0.05, 0.1) is 6.04 Å². The van der Waals surface area contributed by atoms with Crippen LogP contribution in [0.4, 0.5) is 0 Å². The van der Waals surface area contributed by atoms with Gasteiger partial charge in [0, 0.05) is 16.1 Å². The van der Waals surface area contributed by atoms with Gasteiger partial charge in [0.25, 0.3) is 0 Å². The minimum Gasteiger partial charge on any atom is -0.292 e. The predicted molar refractivity (Wildman–Crippen MR) is 75.3 cm³/mol. The van der Waals surface area contributed by atoms with E-state index in [1.807, 2.05) is 19.1 Å². The molecule has 0 N–H and O–H groups in total. The van der Waals surface area contributed by atoms with Crippen LogP contribution in [0, 0.1) is 0 Å². The maximum atomic E-state index is 12.5. The smallest absolute Gasteiger partial charge is 0.179 e. The van der Waals surface area contributed by atoms with Crippen molar-refractivity contribution in [2.24, 2.45) is 0 Å². The van der Waals surface area contributed by atoms with E-state index in [9.17, 15) is 4.79 Å². The molecule has 1 aliphatic heterocycles. The van der Waals surface area contributed by atoms with Crippen molar-refractivity contribution in [1.29, 1.82) is 0 Å². The maximum absolute atomic E-state index is 12.5. The van der Waals surface area contributed by atoms with Crippen LogP contribution in [0.25, 0.3) is 0 Å². The lowest BCUT2D eigenvalue weighted by molar-refractivity contribution is 0.0722. The summed E-state index contributed by atoms with van der Waals surface area (Å²) < 4.78 is 0. The molecule has 98 valence electrons. The number of hydrogen-bond acceptors (Lipinski definition) is 2. The van der Waals surface area contributed by atoms with Gasteiger partial charge in [-0.05, 0) is 52.3 Å². The Kier molecular flexibility index (Phi) is 3.79. The Morgan fingerprint density at radius 3 is 2.72 bits per heavy atom. The van der Waals surface area contributed by atoms with E-state index in [1.165, 1.54) is 6.42 Å². The summed E-state index contributed by atoms with van der Waals surface area (Å²) in [5.41, 5.74) is 0.825. The molecule has 1 saturated heterocycles. The molecule has 0 spiro atoms. The molecule has 0 aliphatic carbocycles. The molecule has 1 heterocycles. The normalized spacial score (nSPS) is 20.9. The van der Waals surface area contributed by atoms with Gasteiger partial charge in [0.2, 0.25) is 0 Å². The maximum Gasteiger partial charge on any atom is 0.179 e. The summed E-state index contributed by atoms with van der Waals surface area (Å²) in [5, 5.41) is 0.619.